The van der Waals surface area contributed by atoms with Gasteiger partial charge in [-0.25, -0.2) is 14.1 Å². The van der Waals surface area contributed by atoms with Crippen molar-refractivity contribution in [2.24, 2.45) is 5.92 Å². The Morgan fingerprint density at radius 1 is 1.23 bits per heavy atom. The van der Waals surface area contributed by atoms with Gasteiger partial charge in [0.05, 0.1) is 12.1 Å². The maximum Gasteiger partial charge on any atom is 0.416 e. The van der Waals surface area contributed by atoms with Gasteiger partial charge in [0.15, 0.2) is 0 Å². The summed E-state index contributed by atoms with van der Waals surface area (Å²) in [6, 6.07) is 5.55. The Balaban J connectivity index is 1.51. The van der Waals surface area contributed by atoms with E-state index in [1.165, 1.54) is 23.5 Å². The molecule has 0 aromatic heterocycles. The lowest BCUT2D eigenvalue weighted by atomic mass is 9.83. The molecule has 3 rings (SSSR count). The molecule has 2 atom stereocenters. The highest BCUT2D eigenvalue weighted by Gasteiger charge is 2.42. The average Bonchev–Trinajstić information content (AvgIpc) is 3.04. The van der Waals surface area contributed by atoms with Crippen LogP contribution in [-0.4, -0.2) is 34.7 Å². The molecular weight excluding hydrogens is 337 g/mol. The first-order valence-electron chi connectivity index (χ1n) is 9.48. The Bertz CT molecular complexity index is 627. The van der Waals surface area contributed by atoms with E-state index in [-0.39, 0.29) is 24.2 Å². The highest BCUT2D eigenvalue weighted by Crippen LogP contribution is 2.32. The van der Waals surface area contributed by atoms with Crippen molar-refractivity contribution in [3.8, 4) is 0 Å². The molecule has 2 amide bonds. The van der Waals surface area contributed by atoms with Crippen molar-refractivity contribution in [2.75, 3.05) is 6.61 Å². The highest BCUT2D eigenvalue weighted by atomic mass is 19.1. The van der Waals surface area contributed by atoms with E-state index in [1.807, 2.05) is 0 Å². The Morgan fingerprint density at radius 2 is 1.92 bits per heavy atom. The van der Waals surface area contributed by atoms with Crippen LogP contribution in [0.15, 0.2) is 24.3 Å². The summed E-state index contributed by atoms with van der Waals surface area (Å²) in [5.74, 6) is -0.240. The smallest absolute Gasteiger partial charge is 0.416 e. The number of halogens is 1. The number of aliphatic hydroxyl groups excluding tert-OH is 1. The molecule has 0 unspecified atom stereocenters. The summed E-state index contributed by atoms with van der Waals surface area (Å²) in [5.41, 5.74) is 0.625. The third-order valence-corrected chi connectivity index (χ3v) is 5.49. The van der Waals surface area contributed by atoms with E-state index in [0.29, 0.717) is 30.9 Å². The standard InChI is InChI=1S/C20H26FNO4/c21-16-11-9-15(10-12-16)18(23)7-4-8-19(24)22-17(13-26-20(22)25)14-5-2-1-3-6-14/h9-12,14,17-18,23H,1-8,13H2/t17-,18+/m1/s1. The lowest BCUT2D eigenvalue weighted by Crippen LogP contribution is -2.43. The van der Waals surface area contributed by atoms with Crippen LogP contribution in [0, 0.1) is 11.7 Å². The van der Waals surface area contributed by atoms with Crippen LogP contribution in [0.25, 0.3) is 0 Å². The summed E-state index contributed by atoms with van der Waals surface area (Å²) in [5, 5.41) is 10.2. The van der Waals surface area contributed by atoms with Crippen LogP contribution >= 0.6 is 0 Å². The molecule has 1 aromatic carbocycles. The first kappa shape index (κ1) is 18.8. The first-order valence-corrected chi connectivity index (χ1v) is 9.48. The molecule has 1 heterocycles. The van der Waals surface area contributed by atoms with Crippen molar-refractivity contribution in [1.29, 1.82) is 0 Å². The van der Waals surface area contributed by atoms with E-state index in [0.717, 1.165) is 25.7 Å². The summed E-state index contributed by atoms with van der Waals surface area (Å²) in [4.78, 5) is 25.9. The number of rotatable bonds is 6. The molecule has 1 saturated heterocycles. The number of hydrogen-bond acceptors (Lipinski definition) is 4. The second kappa shape index (κ2) is 8.62. The minimum atomic E-state index is -0.747. The molecule has 1 N–H and O–H groups in total. The zero-order chi connectivity index (χ0) is 18.5. The van der Waals surface area contributed by atoms with Gasteiger partial charge in [-0.1, -0.05) is 31.4 Å². The van der Waals surface area contributed by atoms with Gasteiger partial charge in [0, 0.05) is 6.42 Å². The monoisotopic (exact) mass is 363 g/mol. The minimum Gasteiger partial charge on any atom is -0.447 e. The van der Waals surface area contributed by atoms with Crippen molar-refractivity contribution in [2.45, 2.75) is 63.5 Å². The number of imide groups is 1. The van der Waals surface area contributed by atoms with Crippen molar-refractivity contribution < 1.29 is 23.8 Å². The van der Waals surface area contributed by atoms with Gasteiger partial charge in [0.2, 0.25) is 5.91 Å². The number of cyclic esters (lactones) is 1. The lowest BCUT2D eigenvalue weighted by Gasteiger charge is -2.30. The van der Waals surface area contributed by atoms with Crippen molar-refractivity contribution in [1.82, 2.24) is 4.90 Å². The SMILES string of the molecule is O=C(CCC[C@H](O)c1ccc(F)cc1)N1C(=O)OC[C@@H]1C1CCCCC1. The maximum atomic E-state index is 12.9. The average molecular weight is 363 g/mol. The maximum absolute atomic E-state index is 12.9. The summed E-state index contributed by atoms with van der Waals surface area (Å²) >= 11 is 0. The first-order chi connectivity index (χ1) is 12.6. The number of benzene rings is 1. The Labute approximate surface area is 153 Å². The Morgan fingerprint density at radius 3 is 2.62 bits per heavy atom. The van der Waals surface area contributed by atoms with Crippen LogP contribution in [-0.2, 0) is 9.53 Å². The van der Waals surface area contributed by atoms with Crippen LogP contribution in [0.2, 0.25) is 0 Å². The van der Waals surface area contributed by atoms with Crippen molar-refractivity contribution in [3.63, 3.8) is 0 Å². The molecular formula is C20H26FNO4. The third-order valence-electron chi connectivity index (χ3n) is 5.49. The fourth-order valence-corrected chi connectivity index (χ4v) is 4.01. The normalized spacial score (nSPS) is 22.3. The number of hydrogen-bond donors (Lipinski definition) is 1. The predicted molar refractivity (Wildman–Crippen MR) is 93.8 cm³/mol. The van der Waals surface area contributed by atoms with Gasteiger partial charge in [0.25, 0.3) is 0 Å². The van der Waals surface area contributed by atoms with E-state index in [9.17, 15) is 19.1 Å². The van der Waals surface area contributed by atoms with Crippen molar-refractivity contribution >= 4 is 12.0 Å². The fraction of sp³-hybridized carbons (Fsp3) is 0.600. The quantitative estimate of drug-likeness (QED) is 0.831. The van der Waals surface area contributed by atoms with Crippen LogP contribution in [0.3, 0.4) is 0 Å². The molecule has 0 radical (unpaired) electrons. The largest absolute Gasteiger partial charge is 0.447 e. The van der Waals surface area contributed by atoms with E-state index in [2.05, 4.69) is 0 Å². The van der Waals surface area contributed by atoms with Crippen LogP contribution in [0.1, 0.15) is 63.0 Å². The van der Waals surface area contributed by atoms with Crippen LogP contribution in [0.4, 0.5) is 9.18 Å². The van der Waals surface area contributed by atoms with E-state index in [4.69, 9.17) is 4.74 Å². The van der Waals surface area contributed by atoms with Gasteiger partial charge >= 0.3 is 6.09 Å². The number of aliphatic hydroxyl groups is 1. The zero-order valence-corrected chi connectivity index (χ0v) is 14.9. The summed E-state index contributed by atoms with van der Waals surface area (Å²) in [6.07, 6.45) is 5.31. The van der Waals surface area contributed by atoms with Gasteiger partial charge in [0.1, 0.15) is 12.4 Å². The highest BCUT2D eigenvalue weighted by molar-refractivity contribution is 5.93. The van der Waals surface area contributed by atoms with Gasteiger partial charge < -0.3 is 9.84 Å². The van der Waals surface area contributed by atoms with Crippen molar-refractivity contribution in [3.05, 3.63) is 35.6 Å². The fourth-order valence-electron chi connectivity index (χ4n) is 4.01. The molecule has 1 aliphatic carbocycles. The summed E-state index contributed by atoms with van der Waals surface area (Å²) < 4.78 is 18.1. The van der Waals surface area contributed by atoms with Crippen LogP contribution in [0.5, 0.6) is 0 Å². The Hall–Kier alpha value is -1.95. The predicted octanol–water partition coefficient (Wildman–Crippen LogP) is 3.96. The molecule has 26 heavy (non-hydrogen) atoms. The minimum absolute atomic E-state index is 0.141. The second-order valence-electron chi connectivity index (χ2n) is 7.27. The molecule has 2 aliphatic rings. The number of ether oxygens (including phenoxy) is 1. The molecule has 6 heteroatoms. The molecule has 0 spiro atoms. The lowest BCUT2D eigenvalue weighted by molar-refractivity contribution is -0.130. The van der Waals surface area contributed by atoms with Gasteiger partial charge in [-0.2, -0.15) is 0 Å². The molecule has 1 saturated carbocycles. The molecule has 1 aromatic rings. The van der Waals surface area contributed by atoms with E-state index >= 15 is 0 Å². The number of carbonyl (C=O) groups excluding carboxylic acids is 2. The van der Waals surface area contributed by atoms with Gasteiger partial charge in [-0.3, -0.25) is 4.79 Å². The molecule has 142 valence electrons. The summed E-state index contributed by atoms with van der Waals surface area (Å²) in [6.45, 7) is 0.299. The van der Waals surface area contributed by atoms with Gasteiger partial charge in [-0.15, -0.1) is 0 Å². The number of amides is 2. The zero-order valence-electron chi connectivity index (χ0n) is 14.9. The van der Waals surface area contributed by atoms with Crippen LogP contribution < -0.4 is 0 Å². The number of nitrogens with zero attached hydrogens (tertiary/aromatic N) is 1. The molecule has 5 nitrogen and oxygen atoms in total. The summed E-state index contributed by atoms with van der Waals surface area (Å²) in [7, 11) is 0. The van der Waals surface area contributed by atoms with E-state index < -0.39 is 12.2 Å². The third kappa shape index (κ3) is 4.41. The van der Waals surface area contributed by atoms with E-state index in [1.54, 1.807) is 12.1 Å². The molecule has 2 fully saturated rings. The molecule has 0 bridgehead atoms. The number of carbonyl (C=O) groups is 2. The molecule has 1 aliphatic heterocycles. The topological polar surface area (TPSA) is 66.8 Å². The Kier molecular flexibility index (Phi) is 6.25. The van der Waals surface area contributed by atoms with Gasteiger partial charge in [-0.05, 0) is 49.3 Å². The second-order valence-corrected chi connectivity index (χ2v) is 7.27.